The van der Waals surface area contributed by atoms with Crippen LogP contribution in [0.3, 0.4) is 0 Å². The molecule has 0 aromatic heterocycles. The van der Waals surface area contributed by atoms with E-state index in [1.807, 2.05) is 0 Å². The smallest absolute Gasteiger partial charge is 0.411 e. The molecule has 3 aliphatic heterocycles. The Bertz CT molecular complexity index is 2230. The Morgan fingerprint density at radius 3 is 2.00 bits per heavy atom. The zero-order valence-corrected chi connectivity index (χ0v) is 35.8. The molecule has 3 aliphatic rings. The van der Waals surface area contributed by atoms with E-state index in [-0.39, 0.29) is 68.9 Å². The van der Waals surface area contributed by atoms with Gasteiger partial charge in [0, 0.05) is 55.6 Å². The molecule has 3 heterocycles. The molecule has 0 bridgehead atoms. The number of carbonyl (C=O) groups is 7. The number of imide groups is 2. The third kappa shape index (κ3) is 12.9. The van der Waals surface area contributed by atoms with Crippen molar-refractivity contribution in [3.8, 4) is 0 Å². The standard InChI is InChI=1S/C44H50F2N6O14/c45-29-24-28(25-30(46)26-29)27-48-41(57)44(60)10-12-51(42(44)58)32-6-4-31(5-7-32)49-43(59)66-23-22-65-21-20-64-19-18-63-17-16-62-15-14-61-13-11-47-34-3-1-2-33-37(34)40(56)52(39(33)55)35-8-9-36(53)50-38(35)54/h1-7,24-26,35,47,60H,8-23,27H2,(H,48,57)(H,49,59)(H,50,53,54). The monoisotopic (exact) mass is 924 g/mol. The molecule has 2 atom stereocenters. The van der Waals surface area contributed by atoms with Gasteiger partial charge in [0.25, 0.3) is 23.6 Å². The van der Waals surface area contributed by atoms with Gasteiger partial charge in [-0.25, -0.2) is 13.6 Å². The number of carbonyl (C=O) groups excluding carboxylic acids is 7. The predicted octanol–water partition coefficient (Wildman–Crippen LogP) is 1.89. The van der Waals surface area contributed by atoms with Gasteiger partial charge in [-0.1, -0.05) is 6.07 Å². The first-order chi connectivity index (χ1) is 31.9. The molecule has 22 heteroatoms. The first kappa shape index (κ1) is 49.0. The molecule has 3 aromatic carbocycles. The summed E-state index contributed by atoms with van der Waals surface area (Å²) in [5.41, 5.74) is -0.697. The summed E-state index contributed by atoms with van der Waals surface area (Å²) >= 11 is 0. The van der Waals surface area contributed by atoms with Crippen molar-refractivity contribution in [2.24, 2.45) is 0 Å². The zero-order chi connectivity index (χ0) is 47.1. The summed E-state index contributed by atoms with van der Waals surface area (Å²) in [7, 11) is 0. The topological polar surface area (TPSA) is 250 Å². The Labute approximate surface area is 377 Å². The SMILES string of the molecule is O=C1CCC(N2C(=O)c3cccc(NCCOCCOCCOCCOCCOCCOC(=O)Nc4ccc(N5CCC(O)(C(=O)NCc6cc(F)cc(F)c6)C5=O)cc4)c3C2=O)C(=O)N1. The lowest BCUT2D eigenvalue weighted by atomic mass is 10.0. The number of hydrogen-bond acceptors (Lipinski definition) is 15. The fraction of sp³-hybridized carbons (Fsp3) is 0.432. The fourth-order valence-electron chi connectivity index (χ4n) is 7.18. The molecule has 5 N–H and O–H groups in total. The van der Waals surface area contributed by atoms with E-state index in [1.165, 1.54) is 35.2 Å². The Kier molecular flexibility index (Phi) is 17.6. The summed E-state index contributed by atoms with van der Waals surface area (Å²) < 4.78 is 59.5. The maximum absolute atomic E-state index is 13.5. The van der Waals surface area contributed by atoms with Crippen molar-refractivity contribution < 1.29 is 75.9 Å². The molecule has 66 heavy (non-hydrogen) atoms. The Morgan fingerprint density at radius 2 is 1.38 bits per heavy atom. The molecule has 0 radical (unpaired) electrons. The summed E-state index contributed by atoms with van der Waals surface area (Å²) in [6.45, 7) is 3.06. The Hall–Kier alpha value is -6.43. The number of anilines is 3. The van der Waals surface area contributed by atoms with E-state index in [1.54, 1.807) is 12.1 Å². The molecule has 2 fully saturated rings. The lowest BCUT2D eigenvalue weighted by Crippen LogP contribution is -2.54. The second kappa shape index (κ2) is 23.7. The molecule has 354 valence electrons. The number of nitrogens with one attached hydrogen (secondary N) is 4. The van der Waals surface area contributed by atoms with Gasteiger partial charge >= 0.3 is 6.09 Å². The highest BCUT2D eigenvalue weighted by atomic mass is 19.1. The van der Waals surface area contributed by atoms with Gasteiger partial charge in [0.1, 0.15) is 24.3 Å². The molecule has 2 unspecified atom stereocenters. The van der Waals surface area contributed by atoms with Gasteiger partial charge in [-0.3, -0.25) is 44.3 Å². The van der Waals surface area contributed by atoms with E-state index in [2.05, 4.69) is 21.3 Å². The lowest BCUT2D eigenvalue weighted by Gasteiger charge is -2.27. The number of rotatable bonds is 25. The first-order valence-corrected chi connectivity index (χ1v) is 21.1. The maximum atomic E-state index is 13.5. The number of halogens is 2. The molecule has 2 saturated heterocycles. The van der Waals surface area contributed by atoms with E-state index in [4.69, 9.17) is 28.4 Å². The molecule has 0 aliphatic carbocycles. The fourth-order valence-corrected chi connectivity index (χ4v) is 7.18. The van der Waals surface area contributed by atoms with E-state index < -0.39 is 64.8 Å². The van der Waals surface area contributed by atoms with Gasteiger partial charge < -0.3 is 49.1 Å². The van der Waals surface area contributed by atoms with Crippen molar-refractivity contribution in [1.29, 1.82) is 0 Å². The van der Waals surface area contributed by atoms with Crippen LogP contribution in [0, 0.1) is 11.6 Å². The van der Waals surface area contributed by atoms with Crippen LogP contribution in [-0.2, 0) is 54.1 Å². The summed E-state index contributed by atoms with van der Waals surface area (Å²) in [6.07, 6.45) is -0.824. The molecule has 6 rings (SSSR count). The van der Waals surface area contributed by atoms with Gasteiger partial charge in [0.05, 0.1) is 77.2 Å². The second-order valence-corrected chi connectivity index (χ2v) is 15.0. The van der Waals surface area contributed by atoms with Gasteiger partial charge in [0.15, 0.2) is 0 Å². The quantitative estimate of drug-likeness (QED) is 0.0463. The minimum absolute atomic E-state index is 0.0265. The molecule has 20 nitrogen and oxygen atoms in total. The average molecular weight is 925 g/mol. The van der Waals surface area contributed by atoms with Gasteiger partial charge in [0.2, 0.25) is 17.4 Å². The second-order valence-electron chi connectivity index (χ2n) is 15.0. The number of piperidine rings is 1. The van der Waals surface area contributed by atoms with Gasteiger partial charge in [-0.15, -0.1) is 0 Å². The summed E-state index contributed by atoms with van der Waals surface area (Å²) in [5, 5.41) is 21.1. The van der Waals surface area contributed by atoms with E-state index >= 15 is 0 Å². The highest BCUT2D eigenvalue weighted by Gasteiger charge is 2.52. The van der Waals surface area contributed by atoms with Crippen molar-refractivity contribution in [2.75, 3.05) is 101 Å². The van der Waals surface area contributed by atoms with Crippen LogP contribution in [-0.4, -0.2) is 149 Å². The first-order valence-electron chi connectivity index (χ1n) is 21.1. The highest BCUT2D eigenvalue weighted by molar-refractivity contribution is 6.25. The van der Waals surface area contributed by atoms with Crippen LogP contribution in [0.2, 0.25) is 0 Å². The van der Waals surface area contributed by atoms with Crippen molar-refractivity contribution in [1.82, 2.24) is 15.5 Å². The van der Waals surface area contributed by atoms with E-state index in [0.29, 0.717) is 82.5 Å². The zero-order valence-electron chi connectivity index (χ0n) is 35.8. The number of hydrogen-bond donors (Lipinski definition) is 5. The minimum Gasteiger partial charge on any atom is -0.447 e. The number of aliphatic hydroxyl groups is 1. The van der Waals surface area contributed by atoms with Crippen LogP contribution in [0.15, 0.2) is 60.7 Å². The summed E-state index contributed by atoms with van der Waals surface area (Å²) in [5.74, 6) is -5.78. The van der Waals surface area contributed by atoms with Crippen molar-refractivity contribution in [3.05, 3.63) is 89.0 Å². The lowest BCUT2D eigenvalue weighted by molar-refractivity contribution is -0.149. The van der Waals surface area contributed by atoms with Gasteiger partial charge in [-0.2, -0.15) is 0 Å². The van der Waals surface area contributed by atoms with Crippen LogP contribution in [0.5, 0.6) is 0 Å². The van der Waals surface area contributed by atoms with Crippen LogP contribution >= 0.6 is 0 Å². The minimum atomic E-state index is -2.37. The third-order valence-corrected chi connectivity index (χ3v) is 10.5. The number of ether oxygens (including phenoxy) is 6. The molecule has 7 amide bonds. The van der Waals surface area contributed by atoms with Crippen LogP contribution < -0.4 is 26.2 Å². The van der Waals surface area contributed by atoms with E-state index in [9.17, 15) is 47.4 Å². The summed E-state index contributed by atoms with van der Waals surface area (Å²) in [6, 6.07) is 12.6. The number of fused-ring (bicyclic) bond motifs is 1. The van der Waals surface area contributed by atoms with Crippen LogP contribution in [0.4, 0.5) is 30.6 Å². The Balaban J connectivity index is 0.725. The summed E-state index contributed by atoms with van der Waals surface area (Å²) in [4.78, 5) is 90.1. The number of amides is 7. The van der Waals surface area contributed by atoms with Gasteiger partial charge in [-0.05, 0) is 60.5 Å². The predicted molar refractivity (Wildman–Crippen MR) is 227 cm³/mol. The van der Waals surface area contributed by atoms with Crippen LogP contribution in [0.25, 0.3) is 0 Å². The average Bonchev–Trinajstić information content (AvgIpc) is 3.74. The maximum Gasteiger partial charge on any atom is 0.411 e. The number of benzene rings is 3. The highest BCUT2D eigenvalue weighted by Crippen LogP contribution is 2.33. The molecular weight excluding hydrogens is 875 g/mol. The van der Waals surface area contributed by atoms with Crippen LogP contribution in [0.1, 0.15) is 45.5 Å². The molecule has 0 spiro atoms. The molecular formula is C44H50F2N6O14. The largest absolute Gasteiger partial charge is 0.447 e. The van der Waals surface area contributed by atoms with Crippen molar-refractivity contribution in [3.63, 3.8) is 0 Å². The Morgan fingerprint density at radius 1 is 0.773 bits per heavy atom. The third-order valence-electron chi connectivity index (χ3n) is 10.5. The van der Waals surface area contributed by atoms with E-state index in [0.717, 1.165) is 17.0 Å². The van der Waals surface area contributed by atoms with Crippen molar-refractivity contribution in [2.45, 2.75) is 37.5 Å². The molecule has 3 aromatic rings. The van der Waals surface area contributed by atoms with Crippen molar-refractivity contribution >= 4 is 58.6 Å². The normalized spacial score (nSPS) is 18.1. The molecule has 0 saturated carbocycles. The number of nitrogens with zero attached hydrogens (tertiary/aromatic N) is 2.